The fraction of sp³-hybridized carbons (Fsp3) is 0.381. The lowest BCUT2D eigenvalue weighted by Crippen LogP contribution is -2.45. The highest BCUT2D eigenvalue weighted by atomic mass is 16.5. The number of hydrogen-bond donors (Lipinski definition) is 2. The van der Waals surface area contributed by atoms with E-state index in [2.05, 4.69) is 10.6 Å². The zero-order valence-electron chi connectivity index (χ0n) is 16.8. The molecule has 2 aromatic rings. The van der Waals surface area contributed by atoms with Gasteiger partial charge in [0.25, 0.3) is 11.8 Å². The first-order valence-corrected chi connectivity index (χ1v) is 9.64. The SMILES string of the molecule is CC(C)[C@H](NC(=O)c1ccco1)C(=O)OCC(=O)Nc1ccc2c(c1)OCCCO2. The van der Waals surface area contributed by atoms with E-state index in [1.54, 1.807) is 38.1 Å². The Morgan fingerprint density at radius 1 is 1.10 bits per heavy atom. The Kier molecular flexibility index (Phi) is 6.95. The summed E-state index contributed by atoms with van der Waals surface area (Å²) in [6.45, 7) is 4.12. The highest BCUT2D eigenvalue weighted by Gasteiger charge is 2.27. The van der Waals surface area contributed by atoms with Crippen LogP contribution in [0.5, 0.6) is 11.5 Å². The predicted molar refractivity (Wildman–Crippen MR) is 106 cm³/mol. The maximum Gasteiger partial charge on any atom is 0.329 e. The van der Waals surface area contributed by atoms with Crippen molar-refractivity contribution in [3.05, 3.63) is 42.4 Å². The summed E-state index contributed by atoms with van der Waals surface area (Å²) in [5.41, 5.74) is 0.492. The number of rotatable bonds is 7. The molecule has 1 aromatic carbocycles. The number of furan rings is 1. The van der Waals surface area contributed by atoms with Gasteiger partial charge in [-0.25, -0.2) is 4.79 Å². The molecule has 1 aliphatic rings. The van der Waals surface area contributed by atoms with Crippen LogP contribution in [-0.2, 0) is 14.3 Å². The van der Waals surface area contributed by atoms with Crippen LogP contribution in [0.1, 0.15) is 30.8 Å². The molecular weight excluding hydrogens is 392 g/mol. The molecule has 2 amide bonds. The molecule has 0 aliphatic carbocycles. The molecule has 0 bridgehead atoms. The third-order valence-electron chi connectivity index (χ3n) is 4.33. The van der Waals surface area contributed by atoms with E-state index < -0.39 is 30.4 Å². The molecule has 0 saturated carbocycles. The Morgan fingerprint density at radius 3 is 2.57 bits per heavy atom. The Balaban J connectivity index is 1.53. The van der Waals surface area contributed by atoms with Gasteiger partial charge in [-0.05, 0) is 30.2 Å². The first-order chi connectivity index (χ1) is 14.4. The number of fused-ring (bicyclic) bond motifs is 1. The predicted octanol–water partition coefficient (Wildman–Crippen LogP) is 2.38. The number of ether oxygens (including phenoxy) is 3. The Morgan fingerprint density at radius 2 is 1.87 bits per heavy atom. The van der Waals surface area contributed by atoms with Gasteiger partial charge in [0, 0.05) is 18.2 Å². The zero-order valence-corrected chi connectivity index (χ0v) is 16.8. The van der Waals surface area contributed by atoms with Crippen LogP contribution in [0.3, 0.4) is 0 Å². The van der Waals surface area contributed by atoms with Gasteiger partial charge in [0.15, 0.2) is 23.9 Å². The minimum absolute atomic E-state index is 0.0839. The fourth-order valence-electron chi connectivity index (χ4n) is 2.78. The Hall–Kier alpha value is -3.49. The normalized spacial score (nSPS) is 13.8. The largest absolute Gasteiger partial charge is 0.490 e. The first kappa shape index (κ1) is 21.2. The van der Waals surface area contributed by atoms with Gasteiger partial charge in [-0.3, -0.25) is 9.59 Å². The lowest BCUT2D eigenvalue weighted by atomic mass is 10.0. The fourth-order valence-corrected chi connectivity index (χ4v) is 2.78. The van der Waals surface area contributed by atoms with Gasteiger partial charge in [-0.2, -0.15) is 0 Å². The average molecular weight is 416 g/mol. The van der Waals surface area contributed by atoms with E-state index >= 15 is 0 Å². The van der Waals surface area contributed by atoms with Gasteiger partial charge in [0.1, 0.15) is 6.04 Å². The van der Waals surface area contributed by atoms with Gasteiger partial charge in [-0.15, -0.1) is 0 Å². The molecule has 0 spiro atoms. The molecule has 3 rings (SSSR count). The van der Waals surface area contributed by atoms with Crippen LogP contribution < -0.4 is 20.1 Å². The minimum Gasteiger partial charge on any atom is -0.490 e. The van der Waals surface area contributed by atoms with Crippen LogP contribution in [0, 0.1) is 5.92 Å². The highest BCUT2D eigenvalue weighted by molar-refractivity contribution is 5.96. The van der Waals surface area contributed by atoms with Gasteiger partial charge >= 0.3 is 5.97 Å². The Labute approximate surface area is 173 Å². The molecule has 0 saturated heterocycles. The zero-order chi connectivity index (χ0) is 21.5. The number of carbonyl (C=O) groups is 3. The average Bonchev–Trinajstić information content (AvgIpc) is 3.16. The van der Waals surface area contributed by atoms with E-state index in [1.165, 1.54) is 12.3 Å². The molecule has 1 aromatic heterocycles. The summed E-state index contributed by atoms with van der Waals surface area (Å²) in [7, 11) is 0. The lowest BCUT2D eigenvalue weighted by Gasteiger charge is -2.20. The Bertz CT molecular complexity index is 893. The number of anilines is 1. The molecule has 30 heavy (non-hydrogen) atoms. The van der Waals surface area contributed by atoms with Crippen molar-refractivity contribution in [3.63, 3.8) is 0 Å². The third kappa shape index (κ3) is 5.53. The maximum atomic E-state index is 12.4. The highest BCUT2D eigenvalue weighted by Crippen LogP contribution is 2.32. The van der Waals surface area contributed by atoms with Crippen LogP contribution in [0.4, 0.5) is 5.69 Å². The molecule has 160 valence electrons. The van der Waals surface area contributed by atoms with E-state index in [4.69, 9.17) is 18.6 Å². The van der Waals surface area contributed by atoms with Crippen molar-refractivity contribution in [1.29, 1.82) is 0 Å². The molecule has 1 atom stereocenters. The second kappa shape index (κ2) is 9.82. The van der Waals surface area contributed by atoms with E-state index in [0.29, 0.717) is 30.4 Å². The van der Waals surface area contributed by atoms with Crippen LogP contribution in [-0.4, -0.2) is 43.6 Å². The van der Waals surface area contributed by atoms with Gasteiger partial charge in [0.05, 0.1) is 19.5 Å². The third-order valence-corrected chi connectivity index (χ3v) is 4.33. The van der Waals surface area contributed by atoms with Crippen molar-refractivity contribution in [2.75, 3.05) is 25.1 Å². The summed E-state index contributed by atoms with van der Waals surface area (Å²) < 4.78 is 21.2. The second-order valence-corrected chi connectivity index (χ2v) is 7.04. The van der Waals surface area contributed by atoms with E-state index in [-0.39, 0.29) is 11.7 Å². The molecular formula is C21H24N2O7. The molecule has 9 nitrogen and oxygen atoms in total. The standard InChI is InChI=1S/C21H24N2O7/c1-13(2)19(23-20(25)16-5-3-8-28-16)21(26)30-12-18(24)22-14-6-7-15-17(11-14)29-10-4-9-27-15/h3,5-8,11,13,19H,4,9-10,12H2,1-2H3,(H,22,24)(H,23,25)/t19-/m0/s1. The molecule has 1 aliphatic heterocycles. The summed E-state index contributed by atoms with van der Waals surface area (Å²) in [6.07, 6.45) is 2.14. The quantitative estimate of drug-likeness (QED) is 0.666. The van der Waals surface area contributed by atoms with Crippen molar-refractivity contribution in [2.24, 2.45) is 5.92 Å². The van der Waals surface area contributed by atoms with E-state index in [1.807, 2.05) is 0 Å². The number of hydrogen-bond acceptors (Lipinski definition) is 7. The van der Waals surface area contributed by atoms with Crippen LogP contribution in [0.25, 0.3) is 0 Å². The van der Waals surface area contributed by atoms with Crippen molar-refractivity contribution in [3.8, 4) is 11.5 Å². The van der Waals surface area contributed by atoms with E-state index in [9.17, 15) is 14.4 Å². The number of esters is 1. The number of nitrogens with one attached hydrogen (secondary N) is 2. The number of amides is 2. The van der Waals surface area contributed by atoms with Gasteiger partial charge in [0.2, 0.25) is 0 Å². The summed E-state index contributed by atoms with van der Waals surface area (Å²) in [5.74, 6) is -0.766. The minimum atomic E-state index is -0.923. The maximum absolute atomic E-state index is 12.4. The molecule has 2 N–H and O–H groups in total. The molecule has 2 heterocycles. The first-order valence-electron chi connectivity index (χ1n) is 9.64. The van der Waals surface area contributed by atoms with Gasteiger partial charge < -0.3 is 29.3 Å². The van der Waals surface area contributed by atoms with Crippen LogP contribution >= 0.6 is 0 Å². The second-order valence-electron chi connectivity index (χ2n) is 7.04. The molecule has 0 radical (unpaired) electrons. The smallest absolute Gasteiger partial charge is 0.329 e. The molecule has 0 unspecified atom stereocenters. The van der Waals surface area contributed by atoms with Gasteiger partial charge in [-0.1, -0.05) is 13.8 Å². The van der Waals surface area contributed by atoms with Crippen molar-refractivity contribution in [1.82, 2.24) is 5.32 Å². The van der Waals surface area contributed by atoms with Crippen LogP contribution in [0.2, 0.25) is 0 Å². The molecule has 0 fully saturated rings. The van der Waals surface area contributed by atoms with E-state index in [0.717, 1.165) is 6.42 Å². The molecule has 9 heteroatoms. The lowest BCUT2D eigenvalue weighted by molar-refractivity contribution is -0.150. The van der Waals surface area contributed by atoms with Crippen molar-refractivity contribution in [2.45, 2.75) is 26.3 Å². The van der Waals surface area contributed by atoms with Crippen LogP contribution in [0.15, 0.2) is 41.0 Å². The summed E-state index contributed by atoms with van der Waals surface area (Å²) in [6, 6.07) is 7.17. The number of carbonyl (C=O) groups excluding carboxylic acids is 3. The summed E-state index contributed by atoms with van der Waals surface area (Å²) >= 11 is 0. The van der Waals surface area contributed by atoms with Crippen molar-refractivity contribution < 1.29 is 33.0 Å². The topological polar surface area (TPSA) is 116 Å². The van der Waals surface area contributed by atoms with Crippen molar-refractivity contribution >= 4 is 23.5 Å². The monoisotopic (exact) mass is 416 g/mol. The number of benzene rings is 1. The summed E-state index contributed by atoms with van der Waals surface area (Å²) in [4.78, 5) is 36.7. The summed E-state index contributed by atoms with van der Waals surface area (Å²) in [5, 5.41) is 5.21.